The summed E-state index contributed by atoms with van der Waals surface area (Å²) >= 11 is 6.02. The van der Waals surface area contributed by atoms with Crippen molar-refractivity contribution in [1.82, 2.24) is 9.55 Å². The van der Waals surface area contributed by atoms with Gasteiger partial charge in [0.15, 0.2) is 5.69 Å². The number of aryl methyl sites for hydroxylation is 1. The van der Waals surface area contributed by atoms with Gasteiger partial charge in [0.2, 0.25) is 0 Å². The van der Waals surface area contributed by atoms with Gasteiger partial charge in [0.25, 0.3) is 0 Å². The second kappa shape index (κ2) is 5.40. The molecule has 0 saturated heterocycles. The Labute approximate surface area is 123 Å². The van der Waals surface area contributed by atoms with Gasteiger partial charge in [-0.25, -0.2) is 9.78 Å². The average Bonchev–Trinajstić information content (AvgIpc) is 2.79. The third-order valence-electron chi connectivity index (χ3n) is 2.80. The van der Waals surface area contributed by atoms with Gasteiger partial charge >= 0.3 is 12.1 Å². The molecule has 0 fully saturated rings. The molecule has 0 N–H and O–H groups in total. The van der Waals surface area contributed by atoms with E-state index in [4.69, 9.17) is 11.6 Å². The number of esters is 1. The molecular formula is C13H10ClF3N2O2. The van der Waals surface area contributed by atoms with Crippen molar-refractivity contribution in [3.8, 4) is 11.4 Å². The van der Waals surface area contributed by atoms with Crippen LogP contribution in [0.3, 0.4) is 0 Å². The van der Waals surface area contributed by atoms with Gasteiger partial charge in [0.1, 0.15) is 5.82 Å². The summed E-state index contributed by atoms with van der Waals surface area (Å²) in [6.07, 6.45) is -3.66. The van der Waals surface area contributed by atoms with Crippen LogP contribution in [0.15, 0.2) is 24.4 Å². The molecule has 0 amide bonds. The second-order valence-corrected chi connectivity index (χ2v) is 4.65. The maximum atomic E-state index is 12.6. The molecule has 0 aliphatic heterocycles. The van der Waals surface area contributed by atoms with Crippen LogP contribution in [0.1, 0.15) is 16.1 Å². The molecule has 2 rings (SSSR count). The SMILES string of the molecule is COC(=O)c1ccc(-c2nc(C(F)(F)F)cn2C)c(Cl)c1. The average molecular weight is 319 g/mol. The number of hydrogen-bond acceptors (Lipinski definition) is 3. The van der Waals surface area contributed by atoms with Crippen LogP contribution in [0.25, 0.3) is 11.4 Å². The van der Waals surface area contributed by atoms with Crippen LogP contribution in [-0.4, -0.2) is 22.6 Å². The molecule has 0 saturated carbocycles. The van der Waals surface area contributed by atoms with E-state index in [0.29, 0.717) is 5.56 Å². The molecule has 0 aliphatic carbocycles. The number of rotatable bonds is 2. The van der Waals surface area contributed by atoms with Crippen molar-refractivity contribution in [3.05, 3.63) is 40.7 Å². The fraction of sp³-hybridized carbons (Fsp3) is 0.231. The third kappa shape index (κ3) is 3.02. The maximum absolute atomic E-state index is 12.6. The van der Waals surface area contributed by atoms with Crippen LogP contribution in [0.5, 0.6) is 0 Å². The molecule has 1 aromatic heterocycles. The lowest BCUT2D eigenvalue weighted by molar-refractivity contribution is -0.140. The Hall–Kier alpha value is -2.02. The molecule has 1 aromatic carbocycles. The normalized spacial score (nSPS) is 11.5. The van der Waals surface area contributed by atoms with E-state index in [0.717, 1.165) is 6.20 Å². The first-order valence-electron chi connectivity index (χ1n) is 5.73. The van der Waals surface area contributed by atoms with Gasteiger partial charge in [0.05, 0.1) is 17.7 Å². The first-order chi connectivity index (χ1) is 9.74. The quantitative estimate of drug-likeness (QED) is 0.795. The molecule has 0 radical (unpaired) electrons. The summed E-state index contributed by atoms with van der Waals surface area (Å²) in [6.45, 7) is 0. The smallest absolute Gasteiger partial charge is 0.434 e. The van der Waals surface area contributed by atoms with Crippen molar-refractivity contribution in [3.63, 3.8) is 0 Å². The zero-order chi connectivity index (χ0) is 15.8. The lowest BCUT2D eigenvalue weighted by atomic mass is 10.1. The largest absolute Gasteiger partial charge is 0.465 e. The molecule has 21 heavy (non-hydrogen) atoms. The number of imidazole rings is 1. The summed E-state index contributed by atoms with van der Waals surface area (Å²) in [5, 5.41) is 0.111. The number of hydrogen-bond donors (Lipinski definition) is 0. The Morgan fingerprint density at radius 2 is 2.05 bits per heavy atom. The third-order valence-corrected chi connectivity index (χ3v) is 3.11. The predicted molar refractivity (Wildman–Crippen MR) is 70.0 cm³/mol. The van der Waals surface area contributed by atoms with Crippen LogP contribution in [0.4, 0.5) is 13.2 Å². The summed E-state index contributed by atoms with van der Waals surface area (Å²) in [5.74, 6) is -0.525. The van der Waals surface area contributed by atoms with Crippen LogP contribution >= 0.6 is 11.6 Å². The second-order valence-electron chi connectivity index (χ2n) is 4.24. The number of aromatic nitrogens is 2. The minimum atomic E-state index is -4.53. The van der Waals surface area contributed by atoms with Crippen LogP contribution in [-0.2, 0) is 18.0 Å². The molecule has 4 nitrogen and oxygen atoms in total. The van der Waals surface area contributed by atoms with Crippen LogP contribution in [0, 0.1) is 0 Å². The monoisotopic (exact) mass is 318 g/mol. The van der Waals surface area contributed by atoms with Crippen molar-refractivity contribution in [2.45, 2.75) is 6.18 Å². The Bertz CT molecular complexity index is 695. The van der Waals surface area contributed by atoms with Crippen LogP contribution in [0.2, 0.25) is 5.02 Å². The Morgan fingerprint density at radius 3 is 2.52 bits per heavy atom. The molecule has 0 aliphatic rings. The topological polar surface area (TPSA) is 44.1 Å². The summed E-state index contributed by atoms with van der Waals surface area (Å²) in [7, 11) is 2.65. The van der Waals surface area contributed by atoms with E-state index in [-0.39, 0.29) is 16.4 Å². The van der Waals surface area contributed by atoms with E-state index >= 15 is 0 Å². The van der Waals surface area contributed by atoms with Gasteiger partial charge in [0, 0.05) is 18.8 Å². The Balaban J connectivity index is 2.48. The standard InChI is InChI=1S/C13H10ClF3N2O2/c1-19-6-10(13(15,16)17)18-11(19)8-4-3-7(5-9(8)14)12(20)21-2/h3-6H,1-2H3. The highest BCUT2D eigenvalue weighted by molar-refractivity contribution is 6.33. The Kier molecular flexibility index (Phi) is 3.95. The van der Waals surface area contributed by atoms with Crippen molar-refractivity contribution in [2.75, 3.05) is 7.11 Å². The number of alkyl halides is 3. The fourth-order valence-electron chi connectivity index (χ4n) is 1.79. The van der Waals surface area contributed by atoms with E-state index in [1.807, 2.05) is 0 Å². The predicted octanol–water partition coefficient (Wildman–Crippen LogP) is 3.55. The number of ether oxygens (including phenoxy) is 1. The zero-order valence-corrected chi connectivity index (χ0v) is 11.8. The Morgan fingerprint density at radius 1 is 1.38 bits per heavy atom. The lowest BCUT2D eigenvalue weighted by Crippen LogP contribution is -2.05. The molecule has 0 unspecified atom stereocenters. The molecule has 0 bridgehead atoms. The summed E-state index contributed by atoms with van der Waals surface area (Å²) < 4.78 is 43.7. The van der Waals surface area contributed by atoms with Gasteiger partial charge < -0.3 is 9.30 Å². The van der Waals surface area contributed by atoms with E-state index in [9.17, 15) is 18.0 Å². The molecule has 0 atom stereocenters. The molecule has 8 heteroatoms. The molecule has 0 spiro atoms. The highest BCUT2D eigenvalue weighted by Gasteiger charge is 2.34. The molecular weight excluding hydrogens is 309 g/mol. The van der Waals surface area contributed by atoms with E-state index in [2.05, 4.69) is 9.72 Å². The number of halogens is 4. The minimum absolute atomic E-state index is 0.0590. The van der Waals surface area contributed by atoms with Gasteiger partial charge in [-0.05, 0) is 18.2 Å². The number of nitrogens with zero attached hydrogens (tertiary/aromatic N) is 2. The van der Waals surface area contributed by atoms with Crippen LogP contribution < -0.4 is 0 Å². The fourth-order valence-corrected chi connectivity index (χ4v) is 2.06. The number of carbonyl (C=O) groups is 1. The zero-order valence-electron chi connectivity index (χ0n) is 11.0. The number of carbonyl (C=O) groups excluding carboxylic acids is 1. The summed E-state index contributed by atoms with van der Waals surface area (Å²) in [4.78, 5) is 14.9. The van der Waals surface area contributed by atoms with E-state index in [1.165, 1.54) is 36.9 Å². The lowest BCUT2D eigenvalue weighted by Gasteiger charge is -2.06. The molecule has 1 heterocycles. The van der Waals surface area contributed by atoms with E-state index < -0.39 is 17.8 Å². The minimum Gasteiger partial charge on any atom is -0.465 e. The summed E-state index contributed by atoms with van der Waals surface area (Å²) in [6, 6.07) is 4.16. The molecule has 112 valence electrons. The maximum Gasteiger partial charge on any atom is 0.434 e. The first kappa shape index (κ1) is 15.4. The van der Waals surface area contributed by atoms with Crippen molar-refractivity contribution >= 4 is 17.6 Å². The van der Waals surface area contributed by atoms with Crippen molar-refractivity contribution in [2.24, 2.45) is 7.05 Å². The van der Waals surface area contributed by atoms with E-state index in [1.54, 1.807) is 0 Å². The van der Waals surface area contributed by atoms with Gasteiger partial charge in [-0.3, -0.25) is 0 Å². The highest BCUT2D eigenvalue weighted by atomic mass is 35.5. The number of methoxy groups -OCH3 is 1. The molecule has 2 aromatic rings. The van der Waals surface area contributed by atoms with Gasteiger partial charge in [-0.15, -0.1) is 0 Å². The first-order valence-corrected chi connectivity index (χ1v) is 6.10. The summed E-state index contributed by atoms with van der Waals surface area (Å²) in [5.41, 5.74) is -0.507. The highest BCUT2D eigenvalue weighted by Crippen LogP contribution is 2.33. The van der Waals surface area contributed by atoms with Crippen molar-refractivity contribution < 1.29 is 22.7 Å². The van der Waals surface area contributed by atoms with Gasteiger partial charge in [-0.2, -0.15) is 13.2 Å². The number of benzene rings is 1. The van der Waals surface area contributed by atoms with Crippen molar-refractivity contribution in [1.29, 1.82) is 0 Å². The van der Waals surface area contributed by atoms with Gasteiger partial charge in [-0.1, -0.05) is 11.6 Å².